The van der Waals surface area contributed by atoms with Crippen LogP contribution in [-0.4, -0.2) is 12.3 Å². The van der Waals surface area contributed by atoms with Crippen molar-refractivity contribution in [2.75, 3.05) is 14.7 Å². The third kappa shape index (κ3) is 4.64. The Morgan fingerprint density at radius 1 is 0.500 bits per heavy atom. The average Bonchev–Trinajstić information content (AvgIpc) is 3.60. The zero-order chi connectivity index (χ0) is 42.9. The number of hydrogen-bond acceptors (Lipinski definition) is 3. The summed E-state index contributed by atoms with van der Waals surface area (Å²) in [5.41, 5.74) is 22.1. The molecule has 12 rings (SSSR count). The van der Waals surface area contributed by atoms with Crippen molar-refractivity contribution in [3.8, 4) is 0 Å². The van der Waals surface area contributed by atoms with Gasteiger partial charge in [0.2, 0.25) is 0 Å². The van der Waals surface area contributed by atoms with Crippen LogP contribution in [0.4, 0.5) is 39.8 Å². The van der Waals surface area contributed by atoms with Crippen molar-refractivity contribution in [2.24, 2.45) is 0 Å². The summed E-state index contributed by atoms with van der Waals surface area (Å²) in [5.74, 6) is 0. The highest BCUT2D eigenvalue weighted by Gasteiger charge is 2.64. The zero-order valence-corrected chi connectivity index (χ0v) is 38.7. The van der Waals surface area contributed by atoms with Crippen molar-refractivity contribution in [3.63, 3.8) is 0 Å². The predicted octanol–water partition coefficient (Wildman–Crippen LogP) is 12.9. The van der Waals surface area contributed by atoms with E-state index in [1.165, 1.54) is 115 Å². The molecule has 6 aliphatic rings. The lowest BCUT2D eigenvalue weighted by atomic mass is 9.33. The molecule has 0 amide bonds. The molecule has 62 heavy (non-hydrogen) atoms. The van der Waals surface area contributed by atoms with Gasteiger partial charge in [0, 0.05) is 50.6 Å². The molecule has 312 valence electrons. The lowest BCUT2D eigenvalue weighted by molar-refractivity contribution is 0.195. The minimum Gasteiger partial charge on any atom is -0.334 e. The highest BCUT2D eigenvalue weighted by atomic mass is 15.3. The topological polar surface area (TPSA) is 9.72 Å². The van der Waals surface area contributed by atoms with Crippen molar-refractivity contribution in [1.29, 1.82) is 0 Å². The molecule has 6 aromatic carbocycles. The third-order valence-corrected chi connectivity index (χ3v) is 17.7. The molecule has 3 nitrogen and oxygen atoms in total. The van der Waals surface area contributed by atoms with Crippen molar-refractivity contribution < 1.29 is 0 Å². The average molecular weight is 812 g/mol. The van der Waals surface area contributed by atoms with Gasteiger partial charge in [0.25, 0.3) is 6.71 Å². The second-order valence-corrected chi connectivity index (χ2v) is 22.8. The first-order valence-corrected chi connectivity index (χ1v) is 23.7. The first-order chi connectivity index (χ1) is 29.5. The van der Waals surface area contributed by atoms with Gasteiger partial charge in [-0.15, -0.1) is 0 Å². The standard InChI is InChI=1S/C58H62BN3/c1-53(2,3)38-26-27-47-43(32-38)55(7)29-18-19-30-57(55,9)61(47)41-35-49-51-50(36-41)62-52-44(56(8)31-28-37-20-14-15-23-42(37)58(56,62)10)33-39(54(4,5)6)34-46(52)59(51)45-24-16-17-25-48(45)60(49)40-21-12-11-13-22-40/h11-17,20-27,32-36H,18-19,28-31H2,1-10H3. The Bertz CT molecular complexity index is 2880. The molecule has 4 aliphatic heterocycles. The fourth-order valence-corrected chi connectivity index (χ4v) is 13.9. The van der Waals surface area contributed by atoms with Crippen LogP contribution in [0.1, 0.15) is 135 Å². The van der Waals surface area contributed by atoms with Crippen LogP contribution in [0.2, 0.25) is 0 Å². The summed E-state index contributed by atoms with van der Waals surface area (Å²) in [6.45, 7) is 24.9. The summed E-state index contributed by atoms with van der Waals surface area (Å²) in [6, 6.07) is 48.1. The molecule has 1 fully saturated rings. The Balaban J connectivity index is 1.23. The van der Waals surface area contributed by atoms with E-state index in [1.807, 2.05) is 0 Å². The van der Waals surface area contributed by atoms with Crippen molar-refractivity contribution in [3.05, 3.63) is 155 Å². The second-order valence-electron chi connectivity index (χ2n) is 22.8. The van der Waals surface area contributed by atoms with E-state index in [2.05, 4.69) is 205 Å². The normalized spacial score (nSPS) is 26.3. The molecule has 4 heterocycles. The van der Waals surface area contributed by atoms with Crippen LogP contribution in [0.3, 0.4) is 0 Å². The van der Waals surface area contributed by atoms with Crippen LogP contribution >= 0.6 is 0 Å². The maximum Gasteiger partial charge on any atom is 0.252 e. The molecule has 0 aromatic heterocycles. The highest BCUT2D eigenvalue weighted by Crippen LogP contribution is 2.66. The molecule has 4 unspecified atom stereocenters. The molecule has 0 radical (unpaired) electrons. The fraction of sp³-hybridized carbons (Fsp3) is 0.379. The number of rotatable bonds is 2. The van der Waals surface area contributed by atoms with Gasteiger partial charge in [-0.1, -0.05) is 153 Å². The number of fused-ring (bicyclic) bond motifs is 12. The second kappa shape index (κ2) is 12.3. The van der Waals surface area contributed by atoms with Gasteiger partial charge < -0.3 is 14.7 Å². The quantitative estimate of drug-likeness (QED) is 0.161. The summed E-state index contributed by atoms with van der Waals surface area (Å²) in [4.78, 5) is 8.36. The van der Waals surface area contributed by atoms with Gasteiger partial charge in [-0.2, -0.15) is 0 Å². The van der Waals surface area contributed by atoms with E-state index in [4.69, 9.17) is 0 Å². The summed E-state index contributed by atoms with van der Waals surface area (Å²) in [6.07, 6.45) is 7.10. The Hall–Kier alpha value is -5.22. The number of nitrogens with zero attached hydrogens (tertiary/aromatic N) is 3. The Morgan fingerprint density at radius 2 is 1.18 bits per heavy atom. The monoisotopic (exact) mass is 812 g/mol. The number of aryl methyl sites for hydroxylation is 1. The van der Waals surface area contributed by atoms with Crippen LogP contribution in [-0.2, 0) is 33.6 Å². The number of hydrogen-bond donors (Lipinski definition) is 0. The van der Waals surface area contributed by atoms with Gasteiger partial charge in [-0.25, -0.2) is 0 Å². The molecule has 4 heteroatoms. The Morgan fingerprint density at radius 3 is 1.95 bits per heavy atom. The van der Waals surface area contributed by atoms with Gasteiger partial charge in [0.05, 0.1) is 11.1 Å². The van der Waals surface area contributed by atoms with Crippen LogP contribution in [0.5, 0.6) is 0 Å². The number of para-hydroxylation sites is 2. The lowest BCUT2D eigenvalue weighted by Crippen LogP contribution is -2.64. The molecular weight excluding hydrogens is 749 g/mol. The van der Waals surface area contributed by atoms with Gasteiger partial charge in [0.15, 0.2) is 0 Å². The molecular formula is C58H62BN3. The van der Waals surface area contributed by atoms with Crippen LogP contribution in [0.15, 0.2) is 121 Å². The van der Waals surface area contributed by atoms with E-state index < -0.39 is 0 Å². The molecule has 0 N–H and O–H groups in total. The van der Waals surface area contributed by atoms with E-state index in [0.29, 0.717) is 0 Å². The van der Waals surface area contributed by atoms with Gasteiger partial charge >= 0.3 is 0 Å². The summed E-state index contributed by atoms with van der Waals surface area (Å²) >= 11 is 0. The number of anilines is 7. The highest BCUT2D eigenvalue weighted by molar-refractivity contribution is 7.00. The van der Waals surface area contributed by atoms with Crippen molar-refractivity contribution >= 4 is 62.9 Å². The zero-order valence-electron chi connectivity index (χ0n) is 38.7. The molecule has 0 saturated heterocycles. The molecule has 2 aliphatic carbocycles. The SMILES string of the molecule is CC(C)(C)c1ccc2c(c1)C1(C)CCCCC1(C)N2c1cc2c3c(c1)N1c4c(cc(C(C)(C)C)cc4C4(C)CCc5ccccc5C14C)B3c1ccccc1N2c1ccccc1. The van der Waals surface area contributed by atoms with E-state index >= 15 is 0 Å². The van der Waals surface area contributed by atoms with Crippen molar-refractivity contribution in [2.45, 2.75) is 141 Å². The maximum absolute atomic E-state index is 2.90. The summed E-state index contributed by atoms with van der Waals surface area (Å²) in [5, 5.41) is 0. The maximum atomic E-state index is 2.90. The minimum atomic E-state index is -0.310. The largest absolute Gasteiger partial charge is 0.334 e. The van der Waals surface area contributed by atoms with Gasteiger partial charge in [-0.3, -0.25) is 0 Å². The smallest absolute Gasteiger partial charge is 0.252 e. The molecule has 0 bridgehead atoms. The van der Waals surface area contributed by atoms with E-state index in [-0.39, 0.29) is 39.5 Å². The third-order valence-electron chi connectivity index (χ3n) is 17.7. The summed E-state index contributed by atoms with van der Waals surface area (Å²) < 4.78 is 0. The Kier molecular flexibility index (Phi) is 7.62. The molecule has 0 spiro atoms. The minimum absolute atomic E-state index is 0.00635. The van der Waals surface area contributed by atoms with Crippen LogP contribution in [0.25, 0.3) is 0 Å². The van der Waals surface area contributed by atoms with E-state index in [9.17, 15) is 0 Å². The van der Waals surface area contributed by atoms with Gasteiger partial charge in [-0.05, 0) is 137 Å². The summed E-state index contributed by atoms with van der Waals surface area (Å²) in [7, 11) is 0. The van der Waals surface area contributed by atoms with Crippen LogP contribution < -0.4 is 31.1 Å². The Labute approximate surface area is 371 Å². The van der Waals surface area contributed by atoms with Crippen LogP contribution in [0, 0.1) is 0 Å². The van der Waals surface area contributed by atoms with Gasteiger partial charge in [0.1, 0.15) is 0 Å². The van der Waals surface area contributed by atoms with E-state index in [0.717, 1.165) is 12.8 Å². The molecule has 4 atom stereocenters. The molecule has 1 saturated carbocycles. The fourth-order valence-electron chi connectivity index (χ4n) is 13.9. The van der Waals surface area contributed by atoms with E-state index in [1.54, 1.807) is 0 Å². The van der Waals surface area contributed by atoms with Crippen molar-refractivity contribution in [1.82, 2.24) is 0 Å². The predicted molar refractivity (Wildman–Crippen MR) is 264 cm³/mol. The first kappa shape index (κ1) is 38.5. The molecule has 6 aromatic rings. The lowest BCUT2D eigenvalue weighted by Gasteiger charge is -2.54. The number of benzene rings is 6. The first-order valence-electron chi connectivity index (χ1n) is 23.7.